The Hall–Kier alpha value is -4.05. The Labute approximate surface area is 208 Å². The maximum absolute atomic E-state index is 12.8. The zero-order chi connectivity index (χ0) is 25.7. The molecule has 4 rings (SSSR count). The SMILES string of the molecule is CCOC(=O)c1cn([C@@H]2C[C@H](OC(=O)c3ccc(C)cc3)[C@@H](COC(=O)c3ccc(C)cc3)O2)nn1. The largest absolute Gasteiger partial charge is 0.461 e. The summed E-state index contributed by atoms with van der Waals surface area (Å²) >= 11 is 0. The molecule has 0 aliphatic carbocycles. The van der Waals surface area contributed by atoms with Gasteiger partial charge in [0.15, 0.2) is 11.9 Å². The fourth-order valence-electron chi connectivity index (χ4n) is 3.68. The summed E-state index contributed by atoms with van der Waals surface area (Å²) in [4.78, 5) is 37.3. The highest BCUT2D eigenvalue weighted by Gasteiger charge is 2.40. The molecule has 3 atom stereocenters. The molecule has 10 heteroatoms. The van der Waals surface area contributed by atoms with Gasteiger partial charge in [-0.3, -0.25) is 0 Å². The molecule has 0 radical (unpaired) electrons. The van der Waals surface area contributed by atoms with Crippen LogP contribution in [0.5, 0.6) is 0 Å². The molecule has 0 bridgehead atoms. The van der Waals surface area contributed by atoms with E-state index in [0.717, 1.165) is 11.1 Å². The number of nitrogens with zero attached hydrogens (tertiary/aromatic N) is 3. The third-order valence-corrected chi connectivity index (χ3v) is 5.68. The normalized spacial score (nSPS) is 19.0. The maximum Gasteiger partial charge on any atom is 0.360 e. The first kappa shape index (κ1) is 25.1. The fourth-order valence-corrected chi connectivity index (χ4v) is 3.68. The van der Waals surface area contributed by atoms with Gasteiger partial charge >= 0.3 is 17.9 Å². The van der Waals surface area contributed by atoms with Gasteiger partial charge < -0.3 is 18.9 Å². The number of aryl methyl sites for hydroxylation is 2. The van der Waals surface area contributed by atoms with Crippen molar-refractivity contribution < 1.29 is 33.3 Å². The fraction of sp³-hybridized carbons (Fsp3) is 0.346. The molecule has 1 aliphatic rings. The van der Waals surface area contributed by atoms with Gasteiger partial charge in [0.2, 0.25) is 0 Å². The predicted molar refractivity (Wildman–Crippen MR) is 126 cm³/mol. The number of benzene rings is 2. The Morgan fingerprint density at radius 3 is 2.14 bits per heavy atom. The van der Waals surface area contributed by atoms with Crippen molar-refractivity contribution in [1.82, 2.24) is 15.0 Å². The molecule has 1 fully saturated rings. The maximum atomic E-state index is 12.8. The monoisotopic (exact) mass is 493 g/mol. The van der Waals surface area contributed by atoms with E-state index >= 15 is 0 Å². The summed E-state index contributed by atoms with van der Waals surface area (Å²) in [5.74, 6) is -1.64. The van der Waals surface area contributed by atoms with Crippen molar-refractivity contribution in [3.63, 3.8) is 0 Å². The third kappa shape index (κ3) is 5.95. The molecule has 2 heterocycles. The van der Waals surface area contributed by atoms with Crippen molar-refractivity contribution in [2.75, 3.05) is 13.2 Å². The lowest BCUT2D eigenvalue weighted by atomic mass is 10.1. The van der Waals surface area contributed by atoms with Gasteiger partial charge in [-0.25, -0.2) is 19.1 Å². The average molecular weight is 494 g/mol. The van der Waals surface area contributed by atoms with Crippen LogP contribution in [0.3, 0.4) is 0 Å². The average Bonchev–Trinajstić information content (AvgIpc) is 3.51. The van der Waals surface area contributed by atoms with Crippen LogP contribution >= 0.6 is 0 Å². The summed E-state index contributed by atoms with van der Waals surface area (Å²) in [6.45, 7) is 5.60. The smallest absolute Gasteiger partial charge is 0.360 e. The summed E-state index contributed by atoms with van der Waals surface area (Å²) in [7, 11) is 0. The molecule has 0 N–H and O–H groups in total. The van der Waals surface area contributed by atoms with Crippen molar-refractivity contribution in [1.29, 1.82) is 0 Å². The highest BCUT2D eigenvalue weighted by molar-refractivity contribution is 5.90. The third-order valence-electron chi connectivity index (χ3n) is 5.68. The number of carbonyl (C=O) groups is 3. The lowest BCUT2D eigenvalue weighted by molar-refractivity contribution is -0.0604. The van der Waals surface area contributed by atoms with E-state index in [-0.39, 0.29) is 25.3 Å². The van der Waals surface area contributed by atoms with Crippen molar-refractivity contribution >= 4 is 17.9 Å². The van der Waals surface area contributed by atoms with E-state index in [1.807, 2.05) is 38.1 Å². The van der Waals surface area contributed by atoms with Crippen molar-refractivity contribution in [3.8, 4) is 0 Å². The Morgan fingerprint density at radius 2 is 1.53 bits per heavy atom. The van der Waals surface area contributed by atoms with Crippen LogP contribution in [-0.2, 0) is 18.9 Å². The topological polar surface area (TPSA) is 119 Å². The Bertz CT molecular complexity index is 1220. The molecular weight excluding hydrogens is 466 g/mol. The summed E-state index contributed by atoms with van der Waals surface area (Å²) in [5, 5.41) is 7.79. The van der Waals surface area contributed by atoms with E-state index < -0.39 is 36.3 Å². The van der Waals surface area contributed by atoms with Crippen LogP contribution in [0.2, 0.25) is 0 Å². The molecule has 2 aromatic carbocycles. The van der Waals surface area contributed by atoms with E-state index in [1.165, 1.54) is 10.9 Å². The second kappa shape index (κ2) is 11.1. The summed E-state index contributed by atoms with van der Waals surface area (Å²) in [5.41, 5.74) is 2.86. The van der Waals surface area contributed by atoms with Crippen LogP contribution in [-0.4, -0.2) is 58.3 Å². The molecule has 36 heavy (non-hydrogen) atoms. The highest BCUT2D eigenvalue weighted by atomic mass is 16.6. The molecule has 188 valence electrons. The molecular formula is C26H27N3O7. The van der Waals surface area contributed by atoms with Gasteiger partial charge in [-0.05, 0) is 45.0 Å². The number of ether oxygens (including phenoxy) is 4. The van der Waals surface area contributed by atoms with Crippen LogP contribution in [0.1, 0.15) is 61.9 Å². The van der Waals surface area contributed by atoms with Gasteiger partial charge in [0, 0.05) is 6.42 Å². The molecule has 0 unspecified atom stereocenters. The Balaban J connectivity index is 1.48. The van der Waals surface area contributed by atoms with Gasteiger partial charge in [-0.2, -0.15) is 0 Å². The highest BCUT2D eigenvalue weighted by Crippen LogP contribution is 2.31. The quantitative estimate of drug-likeness (QED) is 0.343. The van der Waals surface area contributed by atoms with Crippen molar-refractivity contribution in [3.05, 3.63) is 82.7 Å². The summed E-state index contributed by atoms with van der Waals surface area (Å²) in [6.07, 6.45) is -0.559. The lowest BCUT2D eigenvalue weighted by Crippen LogP contribution is -2.32. The van der Waals surface area contributed by atoms with Gasteiger partial charge in [-0.1, -0.05) is 40.6 Å². The van der Waals surface area contributed by atoms with Gasteiger partial charge in [-0.15, -0.1) is 5.10 Å². The van der Waals surface area contributed by atoms with E-state index in [4.69, 9.17) is 18.9 Å². The summed E-state index contributed by atoms with van der Waals surface area (Å²) < 4.78 is 23.5. The van der Waals surface area contributed by atoms with Gasteiger partial charge in [0.1, 0.15) is 18.8 Å². The van der Waals surface area contributed by atoms with E-state index in [9.17, 15) is 14.4 Å². The number of rotatable bonds is 8. The number of aromatic nitrogens is 3. The minimum atomic E-state index is -0.756. The van der Waals surface area contributed by atoms with E-state index in [1.54, 1.807) is 31.2 Å². The minimum absolute atomic E-state index is 0.0305. The molecule has 1 aromatic heterocycles. The van der Waals surface area contributed by atoms with Crippen LogP contribution in [0.15, 0.2) is 54.7 Å². The number of carbonyl (C=O) groups excluding carboxylic acids is 3. The molecule has 0 spiro atoms. The van der Waals surface area contributed by atoms with E-state index in [0.29, 0.717) is 11.1 Å². The molecule has 0 amide bonds. The molecule has 3 aromatic rings. The second-order valence-electron chi connectivity index (χ2n) is 8.44. The van der Waals surface area contributed by atoms with Crippen LogP contribution in [0.4, 0.5) is 0 Å². The minimum Gasteiger partial charge on any atom is -0.461 e. The van der Waals surface area contributed by atoms with Crippen LogP contribution < -0.4 is 0 Å². The van der Waals surface area contributed by atoms with Crippen molar-refractivity contribution in [2.24, 2.45) is 0 Å². The number of hydrogen-bond donors (Lipinski definition) is 0. The zero-order valence-electron chi connectivity index (χ0n) is 20.2. The molecule has 1 aliphatic heterocycles. The first-order valence-electron chi connectivity index (χ1n) is 11.6. The van der Waals surface area contributed by atoms with Gasteiger partial charge in [0.05, 0.1) is 23.9 Å². The standard InChI is InChI=1S/C26H27N3O7/c1-4-33-26(32)20-14-29(28-27-20)23-13-21(36-25(31)19-11-7-17(3)8-12-19)22(35-23)15-34-24(30)18-9-5-16(2)6-10-18/h5-12,14,21-23H,4,13,15H2,1-3H3/t21-,22+,23-/m0/s1. The van der Waals surface area contributed by atoms with Crippen LogP contribution in [0.25, 0.3) is 0 Å². The Morgan fingerprint density at radius 1 is 0.917 bits per heavy atom. The first-order chi connectivity index (χ1) is 17.3. The summed E-state index contributed by atoms with van der Waals surface area (Å²) in [6, 6.07) is 14.0. The van der Waals surface area contributed by atoms with Crippen LogP contribution in [0, 0.1) is 13.8 Å². The Kier molecular flexibility index (Phi) is 7.74. The van der Waals surface area contributed by atoms with Gasteiger partial charge in [0.25, 0.3) is 0 Å². The van der Waals surface area contributed by atoms with E-state index in [2.05, 4.69) is 10.3 Å². The lowest BCUT2D eigenvalue weighted by Gasteiger charge is -2.19. The number of hydrogen-bond acceptors (Lipinski definition) is 9. The predicted octanol–water partition coefficient (Wildman–Crippen LogP) is 3.44. The second-order valence-corrected chi connectivity index (χ2v) is 8.44. The zero-order valence-corrected chi connectivity index (χ0v) is 20.2. The number of esters is 3. The molecule has 10 nitrogen and oxygen atoms in total. The molecule has 0 saturated carbocycles. The molecule has 1 saturated heterocycles. The first-order valence-corrected chi connectivity index (χ1v) is 11.6. The van der Waals surface area contributed by atoms with Crippen molar-refractivity contribution in [2.45, 2.75) is 45.6 Å².